The molecular weight excluding hydrogens is 422 g/mol. The fourth-order valence-corrected chi connectivity index (χ4v) is 6.35. The molecule has 6 rings (SSSR count). The number of allylic oxidation sites excluding steroid dienone is 2. The summed E-state index contributed by atoms with van der Waals surface area (Å²) >= 11 is 0. The number of nitrogens with zero attached hydrogens (tertiary/aromatic N) is 3. The molecule has 0 bridgehead atoms. The third-order valence-electron chi connectivity index (χ3n) is 8.64. The van der Waals surface area contributed by atoms with Crippen molar-refractivity contribution in [1.82, 2.24) is 4.90 Å². The van der Waals surface area contributed by atoms with Gasteiger partial charge in [0.2, 0.25) is 0 Å². The standard InChI is InChI=1S/C29H31N3O2/c1-29(2)23-16-25(32-11-9-31(10-12-32)20-5-4-6-20)26(34-3)15-22(23)28(33)27-21-8-7-18(17-30)13-19(21)14-24(27)29/h7-8,13,15-16,20H,4-6,9-12,14H2,1-3H3. The molecule has 2 aromatic carbocycles. The first-order valence-corrected chi connectivity index (χ1v) is 12.5. The van der Waals surface area contributed by atoms with Crippen LogP contribution in [0.2, 0.25) is 0 Å². The van der Waals surface area contributed by atoms with E-state index in [1.807, 2.05) is 24.3 Å². The van der Waals surface area contributed by atoms with E-state index in [1.54, 1.807) is 7.11 Å². The number of piperazine rings is 1. The van der Waals surface area contributed by atoms with Crippen molar-refractivity contribution >= 4 is 17.0 Å². The summed E-state index contributed by atoms with van der Waals surface area (Å²) in [6.07, 6.45) is 4.77. The van der Waals surface area contributed by atoms with Crippen molar-refractivity contribution in [2.24, 2.45) is 0 Å². The van der Waals surface area contributed by atoms with E-state index in [0.717, 1.165) is 77.9 Å². The number of hydrogen-bond acceptors (Lipinski definition) is 5. The predicted octanol–water partition coefficient (Wildman–Crippen LogP) is 4.73. The van der Waals surface area contributed by atoms with Crippen LogP contribution in [-0.2, 0) is 11.8 Å². The smallest absolute Gasteiger partial charge is 0.194 e. The number of anilines is 1. The van der Waals surface area contributed by atoms with E-state index in [-0.39, 0.29) is 11.2 Å². The molecule has 0 unspecified atom stereocenters. The van der Waals surface area contributed by atoms with Crippen molar-refractivity contribution in [2.75, 3.05) is 38.2 Å². The van der Waals surface area contributed by atoms with Crippen molar-refractivity contribution in [3.63, 3.8) is 0 Å². The number of carbonyl (C=O) groups is 1. The highest BCUT2D eigenvalue weighted by atomic mass is 16.5. The van der Waals surface area contributed by atoms with Crippen LogP contribution in [0.15, 0.2) is 35.9 Å². The second-order valence-electron chi connectivity index (χ2n) is 10.6. The summed E-state index contributed by atoms with van der Waals surface area (Å²) < 4.78 is 5.84. The van der Waals surface area contributed by atoms with Gasteiger partial charge in [-0.05, 0) is 65.8 Å². The Labute approximate surface area is 201 Å². The van der Waals surface area contributed by atoms with Gasteiger partial charge in [0, 0.05) is 48.8 Å². The molecule has 2 aromatic rings. The molecule has 0 radical (unpaired) electrons. The maximum Gasteiger partial charge on any atom is 0.194 e. The van der Waals surface area contributed by atoms with Crippen LogP contribution in [0.25, 0.3) is 5.57 Å². The molecule has 3 aliphatic carbocycles. The first kappa shape index (κ1) is 21.4. The maximum atomic E-state index is 13.8. The van der Waals surface area contributed by atoms with Gasteiger partial charge in [0.05, 0.1) is 24.4 Å². The highest BCUT2D eigenvalue weighted by molar-refractivity contribution is 6.33. The number of methoxy groups -OCH3 is 1. The van der Waals surface area contributed by atoms with Gasteiger partial charge in [-0.25, -0.2) is 0 Å². The fourth-order valence-electron chi connectivity index (χ4n) is 6.35. The first-order valence-electron chi connectivity index (χ1n) is 12.5. The van der Waals surface area contributed by atoms with Gasteiger partial charge in [-0.2, -0.15) is 5.26 Å². The average molecular weight is 454 g/mol. The number of hydrogen-bond donors (Lipinski definition) is 0. The summed E-state index contributed by atoms with van der Waals surface area (Å²) in [5.41, 5.74) is 7.34. The number of ether oxygens (including phenoxy) is 1. The molecule has 1 heterocycles. The van der Waals surface area contributed by atoms with E-state index in [1.165, 1.54) is 24.8 Å². The minimum Gasteiger partial charge on any atom is -0.495 e. The number of rotatable bonds is 3. The van der Waals surface area contributed by atoms with Gasteiger partial charge in [0.15, 0.2) is 5.78 Å². The summed E-state index contributed by atoms with van der Waals surface area (Å²) in [5.74, 6) is 0.856. The van der Waals surface area contributed by atoms with E-state index in [4.69, 9.17) is 4.74 Å². The summed E-state index contributed by atoms with van der Waals surface area (Å²) in [6, 6.07) is 12.9. The van der Waals surface area contributed by atoms with Crippen molar-refractivity contribution < 1.29 is 9.53 Å². The van der Waals surface area contributed by atoms with Crippen LogP contribution in [0, 0.1) is 11.3 Å². The van der Waals surface area contributed by atoms with Crippen LogP contribution < -0.4 is 9.64 Å². The summed E-state index contributed by atoms with van der Waals surface area (Å²) in [7, 11) is 1.70. The van der Waals surface area contributed by atoms with Crippen LogP contribution in [0.3, 0.4) is 0 Å². The average Bonchev–Trinajstić information content (AvgIpc) is 3.21. The fraction of sp³-hybridized carbons (Fsp3) is 0.448. The van der Waals surface area contributed by atoms with Crippen molar-refractivity contribution in [2.45, 2.75) is 51.0 Å². The summed E-state index contributed by atoms with van der Waals surface area (Å²) in [5, 5.41) is 9.35. The van der Waals surface area contributed by atoms with Gasteiger partial charge in [-0.15, -0.1) is 0 Å². The van der Waals surface area contributed by atoms with Gasteiger partial charge in [0.25, 0.3) is 0 Å². The molecule has 0 atom stereocenters. The number of fused-ring (bicyclic) bond motifs is 3. The van der Waals surface area contributed by atoms with Gasteiger partial charge in [-0.1, -0.05) is 26.3 Å². The zero-order chi connectivity index (χ0) is 23.6. The Bertz CT molecular complexity index is 1270. The molecule has 5 heteroatoms. The second-order valence-corrected chi connectivity index (χ2v) is 10.6. The molecule has 5 nitrogen and oxygen atoms in total. The lowest BCUT2D eigenvalue weighted by Gasteiger charge is -2.44. The molecule has 1 saturated carbocycles. The Morgan fingerprint density at radius 3 is 2.47 bits per heavy atom. The van der Waals surface area contributed by atoms with Gasteiger partial charge in [-0.3, -0.25) is 9.69 Å². The molecule has 0 aromatic heterocycles. The van der Waals surface area contributed by atoms with E-state index in [2.05, 4.69) is 35.8 Å². The number of benzene rings is 2. The lowest BCUT2D eigenvalue weighted by molar-refractivity contribution is 0.105. The molecule has 1 aliphatic heterocycles. The maximum absolute atomic E-state index is 13.8. The van der Waals surface area contributed by atoms with Gasteiger partial charge in [0.1, 0.15) is 5.75 Å². The van der Waals surface area contributed by atoms with E-state index < -0.39 is 0 Å². The minimum atomic E-state index is -0.279. The van der Waals surface area contributed by atoms with Crippen LogP contribution in [-0.4, -0.2) is 50.0 Å². The lowest BCUT2D eigenvalue weighted by Crippen LogP contribution is -2.52. The van der Waals surface area contributed by atoms with Crippen molar-refractivity contribution in [3.8, 4) is 11.8 Å². The van der Waals surface area contributed by atoms with Crippen LogP contribution in [0.4, 0.5) is 5.69 Å². The molecule has 0 N–H and O–H groups in total. The lowest BCUT2D eigenvalue weighted by atomic mass is 9.68. The Balaban J connectivity index is 1.38. The van der Waals surface area contributed by atoms with E-state index in [0.29, 0.717) is 5.56 Å². The largest absolute Gasteiger partial charge is 0.495 e. The van der Waals surface area contributed by atoms with Crippen molar-refractivity contribution in [1.29, 1.82) is 5.26 Å². The number of Topliss-reactive ketones (excluding diaryl/α,β-unsaturated/α-hetero) is 1. The molecule has 174 valence electrons. The number of ketones is 1. The predicted molar refractivity (Wildman–Crippen MR) is 134 cm³/mol. The summed E-state index contributed by atoms with van der Waals surface area (Å²) in [4.78, 5) is 18.9. The molecule has 0 amide bonds. The third kappa shape index (κ3) is 3.05. The SMILES string of the molecule is COc1cc2c(cc1N1CCN(C3CCC3)CC1)C(C)(C)C1=C(C2=O)c2ccc(C#N)cc2C1. The van der Waals surface area contributed by atoms with Crippen LogP contribution >= 0.6 is 0 Å². The normalized spacial score (nSPS) is 21.5. The second kappa shape index (κ2) is 7.71. The molecular formula is C29H31N3O2. The topological polar surface area (TPSA) is 56.6 Å². The molecule has 4 aliphatic rings. The Morgan fingerprint density at radius 1 is 1.06 bits per heavy atom. The van der Waals surface area contributed by atoms with Crippen LogP contribution in [0.1, 0.15) is 65.7 Å². The van der Waals surface area contributed by atoms with Crippen molar-refractivity contribution in [3.05, 3.63) is 63.7 Å². The molecule has 34 heavy (non-hydrogen) atoms. The molecule has 2 fully saturated rings. The zero-order valence-corrected chi connectivity index (χ0v) is 20.3. The molecule has 0 spiro atoms. The Morgan fingerprint density at radius 2 is 1.82 bits per heavy atom. The number of nitriles is 1. The summed E-state index contributed by atoms with van der Waals surface area (Å²) in [6.45, 7) is 8.59. The first-order chi connectivity index (χ1) is 16.4. The quantitative estimate of drug-likeness (QED) is 0.673. The van der Waals surface area contributed by atoms with E-state index in [9.17, 15) is 10.1 Å². The number of carbonyl (C=O) groups excluding carboxylic acids is 1. The van der Waals surface area contributed by atoms with Gasteiger partial charge >= 0.3 is 0 Å². The monoisotopic (exact) mass is 453 g/mol. The zero-order valence-electron chi connectivity index (χ0n) is 20.3. The molecule has 1 saturated heterocycles. The third-order valence-corrected chi connectivity index (χ3v) is 8.64. The Hall–Kier alpha value is -3.10. The Kier molecular flexibility index (Phi) is 4.86. The van der Waals surface area contributed by atoms with E-state index >= 15 is 0 Å². The highest BCUT2D eigenvalue weighted by Gasteiger charge is 2.43. The highest BCUT2D eigenvalue weighted by Crippen LogP contribution is 2.52. The van der Waals surface area contributed by atoms with Gasteiger partial charge < -0.3 is 9.64 Å². The van der Waals surface area contributed by atoms with Crippen LogP contribution in [0.5, 0.6) is 5.75 Å². The minimum absolute atomic E-state index is 0.0763.